The van der Waals surface area contributed by atoms with Crippen molar-refractivity contribution in [3.63, 3.8) is 0 Å². The molecule has 2 aromatic rings. The summed E-state index contributed by atoms with van der Waals surface area (Å²) in [6.07, 6.45) is 7.41. The van der Waals surface area contributed by atoms with Gasteiger partial charge in [0.25, 0.3) is 5.91 Å². The summed E-state index contributed by atoms with van der Waals surface area (Å²) in [5, 5.41) is 6.23. The van der Waals surface area contributed by atoms with E-state index in [-0.39, 0.29) is 5.91 Å². The van der Waals surface area contributed by atoms with E-state index in [1.165, 1.54) is 25.6 Å². The maximum atomic E-state index is 12.6. The number of hydrogen-bond donors (Lipinski definition) is 2. The van der Waals surface area contributed by atoms with E-state index in [9.17, 15) is 4.79 Å². The maximum Gasteiger partial charge on any atom is 0.274 e. The van der Waals surface area contributed by atoms with Crippen molar-refractivity contribution in [1.82, 2.24) is 9.97 Å². The summed E-state index contributed by atoms with van der Waals surface area (Å²) >= 11 is 0. The second kappa shape index (κ2) is 8.51. The van der Waals surface area contributed by atoms with Gasteiger partial charge in [0.05, 0.1) is 19.9 Å². The molecular formula is C19H24N4O3. The molecule has 26 heavy (non-hydrogen) atoms. The second-order valence-electron chi connectivity index (χ2n) is 6.29. The van der Waals surface area contributed by atoms with Crippen LogP contribution in [0.5, 0.6) is 11.5 Å². The lowest BCUT2D eigenvalue weighted by atomic mass is 9.95. The molecule has 0 spiro atoms. The summed E-state index contributed by atoms with van der Waals surface area (Å²) in [5.41, 5.74) is 0.820. The topological polar surface area (TPSA) is 85.4 Å². The molecule has 3 rings (SSSR count). The Morgan fingerprint density at radius 1 is 1.08 bits per heavy atom. The molecule has 0 saturated heterocycles. The van der Waals surface area contributed by atoms with Crippen LogP contribution in [0.1, 0.15) is 42.6 Å². The first-order valence-electron chi connectivity index (χ1n) is 8.81. The summed E-state index contributed by atoms with van der Waals surface area (Å²) in [7, 11) is 3.12. The molecule has 2 N–H and O–H groups in total. The Bertz CT molecular complexity index is 760. The molecule has 1 heterocycles. The van der Waals surface area contributed by atoms with Gasteiger partial charge in [0.1, 0.15) is 29.3 Å². The Balaban J connectivity index is 1.72. The zero-order valence-corrected chi connectivity index (χ0v) is 15.1. The largest absolute Gasteiger partial charge is 0.497 e. The molecule has 1 aliphatic carbocycles. The second-order valence-corrected chi connectivity index (χ2v) is 6.29. The average Bonchev–Trinajstić information content (AvgIpc) is 2.69. The molecule has 0 aliphatic heterocycles. The quantitative estimate of drug-likeness (QED) is 0.824. The van der Waals surface area contributed by atoms with Gasteiger partial charge >= 0.3 is 0 Å². The molecule has 138 valence electrons. The fourth-order valence-corrected chi connectivity index (χ4v) is 3.11. The van der Waals surface area contributed by atoms with Gasteiger partial charge in [-0.05, 0) is 25.0 Å². The van der Waals surface area contributed by atoms with Gasteiger partial charge in [0.2, 0.25) is 0 Å². The number of methoxy groups -OCH3 is 2. The highest BCUT2D eigenvalue weighted by atomic mass is 16.5. The number of carbonyl (C=O) groups is 1. The van der Waals surface area contributed by atoms with Crippen LogP contribution in [-0.4, -0.2) is 36.1 Å². The van der Waals surface area contributed by atoms with Gasteiger partial charge in [0.15, 0.2) is 0 Å². The van der Waals surface area contributed by atoms with Crippen molar-refractivity contribution in [2.24, 2.45) is 0 Å². The Morgan fingerprint density at radius 3 is 2.62 bits per heavy atom. The zero-order chi connectivity index (χ0) is 18.4. The van der Waals surface area contributed by atoms with Gasteiger partial charge in [-0.1, -0.05) is 19.3 Å². The molecule has 0 atom stereocenters. The summed E-state index contributed by atoms with van der Waals surface area (Å²) in [6, 6.07) is 7.30. The first kappa shape index (κ1) is 18.0. The van der Waals surface area contributed by atoms with Crippen LogP contribution in [0.3, 0.4) is 0 Å². The SMILES string of the molecule is COc1ccc(OC)c(NC(=O)c2cc(NC3CCCCC3)ncn2)c1. The predicted octanol–water partition coefficient (Wildman–Crippen LogP) is 3.49. The van der Waals surface area contributed by atoms with E-state index in [2.05, 4.69) is 20.6 Å². The molecule has 7 nitrogen and oxygen atoms in total. The highest BCUT2D eigenvalue weighted by Crippen LogP contribution is 2.29. The van der Waals surface area contributed by atoms with E-state index in [0.29, 0.717) is 34.7 Å². The monoisotopic (exact) mass is 356 g/mol. The summed E-state index contributed by atoms with van der Waals surface area (Å²) in [6.45, 7) is 0. The minimum Gasteiger partial charge on any atom is -0.497 e. The van der Waals surface area contributed by atoms with Crippen LogP contribution >= 0.6 is 0 Å². The van der Waals surface area contributed by atoms with Crippen LogP contribution < -0.4 is 20.1 Å². The first-order chi connectivity index (χ1) is 12.7. The lowest BCUT2D eigenvalue weighted by Gasteiger charge is -2.23. The maximum absolute atomic E-state index is 12.6. The Morgan fingerprint density at radius 2 is 1.88 bits per heavy atom. The number of rotatable bonds is 6. The highest BCUT2D eigenvalue weighted by Gasteiger charge is 2.16. The van der Waals surface area contributed by atoms with Crippen molar-refractivity contribution in [2.75, 3.05) is 24.9 Å². The molecular weight excluding hydrogens is 332 g/mol. The molecule has 1 aromatic heterocycles. The molecule has 1 saturated carbocycles. The third-order valence-corrected chi connectivity index (χ3v) is 4.51. The van der Waals surface area contributed by atoms with Gasteiger partial charge in [-0.15, -0.1) is 0 Å². The predicted molar refractivity (Wildman–Crippen MR) is 100 cm³/mol. The molecule has 1 aliphatic rings. The Labute approximate surface area is 153 Å². The smallest absolute Gasteiger partial charge is 0.274 e. The van der Waals surface area contributed by atoms with Crippen LogP contribution in [0.15, 0.2) is 30.6 Å². The van der Waals surface area contributed by atoms with Crippen molar-refractivity contribution in [2.45, 2.75) is 38.1 Å². The molecule has 1 amide bonds. The van der Waals surface area contributed by atoms with Gasteiger partial charge < -0.3 is 20.1 Å². The van der Waals surface area contributed by atoms with Gasteiger partial charge in [-0.3, -0.25) is 4.79 Å². The Hall–Kier alpha value is -2.83. The van der Waals surface area contributed by atoms with Gasteiger partial charge in [-0.2, -0.15) is 0 Å². The number of hydrogen-bond acceptors (Lipinski definition) is 6. The number of ether oxygens (including phenoxy) is 2. The van der Waals surface area contributed by atoms with E-state index >= 15 is 0 Å². The lowest BCUT2D eigenvalue weighted by Crippen LogP contribution is -2.23. The number of benzene rings is 1. The van der Waals surface area contributed by atoms with E-state index in [0.717, 1.165) is 12.8 Å². The van der Waals surface area contributed by atoms with Crippen LogP contribution in [0.25, 0.3) is 0 Å². The summed E-state index contributed by atoms with van der Waals surface area (Å²) in [4.78, 5) is 20.9. The highest BCUT2D eigenvalue weighted by molar-refractivity contribution is 6.04. The van der Waals surface area contributed by atoms with E-state index in [1.54, 1.807) is 38.5 Å². The van der Waals surface area contributed by atoms with Crippen LogP contribution in [0, 0.1) is 0 Å². The third-order valence-electron chi connectivity index (χ3n) is 4.51. The van der Waals surface area contributed by atoms with Gasteiger partial charge in [-0.25, -0.2) is 9.97 Å². The molecule has 1 aromatic carbocycles. The van der Waals surface area contributed by atoms with Crippen molar-refractivity contribution >= 4 is 17.4 Å². The number of anilines is 2. The average molecular weight is 356 g/mol. The molecule has 0 bridgehead atoms. The normalized spacial score (nSPS) is 14.5. The number of amides is 1. The fourth-order valence-electron chi connectivity index (χ4n) is 3.11. The number of aromatic nitrogens is 2. The zero-order valence-electron chi connectivity index (χ0n) is 15.1. The third kappa shape index (κ3) is 4.41. The van der Waals surface area contributed by atoms with Crippen LogP contribution in [0.2, 0.25) is 0 Å². The Kier molecular flexibility index (Phi) is 5.88. The van der Waals surface area contributed by atoms with Crippen molar-refractivity contribution < 1.29 is 14.3 Å². The van der Waals surface area contributed by atoms with E-state index in [4.69, 9.17) is 9.47 Å². The molecule has 7 heteroatoms. The lowest BCUT2D eigenvalue weighted by molar-refractivity contribution is 0.102. The van der Waals surface area contributed by atoms with Crippen LogP contribution in [0.4, 0.5) is 11.5 Å². The van der Waals surface area contributed by atoms with E-state index < -0.39 is 0 Å². The number of carbonyl (C=O) groups excluding carboxylic acids is 1. The van der Waals surface area contributed by atoms with Crippen molar-refractivity contribution in [3.05, 3.63) is 36.3 Å². The number of nitrogens with zero attached hydrogens (tertiary/aromatic N) is 2. The summed E-state index contributed by atoms with van der Waals surface area (Å²) in [5.74, 6) is 1.53. The minimum atomic E-state index is -0.328. The fraction of sp³-hybridized carbons (Fsp3) is 0.421. The van der Waals surface area contributed by atoms with Gasteiger partial charge in [0, 0.05) is 18.2 Å². The van der Waals surface area contributed by atoms with Crippen molar-refractivity contribution in [3.8, 4) is 11.5 Å². The standard InChI is InChI=1S/C19H24N4O3/c1-25-14-8-9-17(26-2)15(10-14)23-19(24)16-11-18(21-12-20-16)22-13-6-4-3-5-7-13/h8-13H,3-7H2,1-2H3,(H,23,24)(H,20,21,22). The molecule has 0 unspecified atom stereocenters. The first-order valence-corrected chi connectivity index (χ1v) is 8.81. The van der Waals surface area contributed by atoms with Crippen LogP contribution in [-0.2, 0) is 0 Å². The number of nitrogens with one attached hydrogen (secondary N) is 2. The summed E-state index contributed by atoms with van der Waals surface area (Å²) < 4.78 is 10.5. The minimum absolute atomic E-state index is 0.295. The molecule has 1 fully saturated rings. The van der Waals surface area contributed by atoms with E-state index in [1.807, 2.05) is 0 Å². The molecule has 0 radical (unpaired) electrons. The van der Waals surface area contributed by atoms with Crippen molar-refractivity contribution in [1.29, 1.82) is 0 Å².